The number of benzene rings is 2. The molecule has 2 aromatic carbocycles. The zero-order chi connectivity index (χ0) is 15.3. The first-order valence-electron chi connectivity index (χ1n) is 6.00. The van der Waals surface area contributed by atoms with Crippen molar-refractivity contribution in [3.8, 4) is 5.75 Å². The van der Waals surface area contributed by atoms with Gasteiger partial charge in [0, 0.05) is 0 Å². The summed E-state index contributed by atoms with van der Waals surface area (Å²) < 4.78 is 35.7. The van der Waals surface area contributed by atoms with Gasteiger partial charge >= 0.3 is 0 Å². The number of nitrogens with one attached hydrogen (secondary N) is 1. The fourth-order valence-corrected chi connectivity index (χ4v) is 2.05. The molecule has 0 heterocycles. The first kappa shape index (κ1) is 15.0. The highest BCUT2D eigenvalue weighted by Gasteiger charge is 2.07. The van der Waals surface area contributed by atoms with Crippen LogP contribution in [0.1, 0.15) is 5.56 Å². The molecule has 0 aliphatic carbocycles. The number of hydrogen-bond donors (Lipinski definition) is 2. The van der Waals surface area contributed by atoms with Crippen molar-refractivity contribution in [3.05, 3.63) is 54.1 Å². The third-order valence-corrected chi connectivity index (χ3v) is 3.54. The molecule has 0 radical (unpaired) electrons. The molecule has 21 heavy (non-hydrogen) atoms. The Bertz CT molecular complexity index is 723. The van der Waals surface area contributed by atoms with Crippen LogP contribution < -0.4 is 10.2 Å². The highest BCUT2D eigenvalue weighted by atomic mass is 32.2. The molecule has 6 nitrogen and oxygen atoms in total. The van der Waals surface area contributed by atoms with Gasteiger partial charge in [0.05, 0.1) is 23.9 Å². The zero-order valence-electron chi connectivity index (χ0n) is 11.2. The minimum atomic E-state index is -4.17. The smallest absolute Gasteiger partial charge is 0.294 e. The Kier molecular flexibility index (Phi) is 4.56. The van der Waals surface area contributed by atoms with E-state index in [-0.39, 0.29) is 4.90 Å². The van der Waals surface area contributed by atoms with Crippen LogP contribution in [-0.4, -0.2) is 26.3 Å². The van der Waals surface area contributed by atoms with Crippen molar-refractivity contribution < 1.29 is 17.7 Å². The molecule has 0 saturated heterocycles. The summed E-state index contributed by atoms with van der Waals surface area (Å²) in [6.07, 6.45) is 1.62. The molecule has 0 spiro atoms. The molecular weight excluding hydrogens is 292 g/mol. The summed E-state index contributed by atoms with van der Waals surface area (Å²) in [7, 11) is -2.57. The summed E-state index contributed by atoms with van der Waals surface area (Å²) in [5.74, 6) is 0.765. The number of anilines is 1. The van der Waals surface area contributed by atoms with E-state index < -0.39 is 10.1 Å². The van der Waals surface area contributed by atoms with Gasteiger partial charge in [0.2, 0.25) is 0 Å². The maximum Gasteiger partial charge on any atom is 0.294 e. The SMILES string of the molecule is COc1ccc(/C=N\Nc2ccc(S(=O)(=O)O)cc2)cc1. The van der Waals surface area contributed by atoms with Crippen molar-refractivity contribution in [2.75, 3.05) is 12.5 Å². The van der Waals surface area contributed by atoms with Crippen molar-refractivity contribution in [2.24, 2.45) is 5.10 Å². The largest absolute Gasteiger partial charge is 0.497 e. The molecule has 0 bridgehead atoms. The first-order chi connectivity index (χ1) is 9.99. The van der Waals surface area contributed by atoms with E-state index in [0.29, 0.717) is 5.69 Å². The van der Waals surface area contributed by atoms with E-state index in [4.69, 9.17) is 9.29 Å². The Labute approximate surface area is 122 Å². The zero-order valence-corrected chi connectivity index (χ0v) is 12.0. The molecule has 0 amide bonds. The minimum absolute atomic E-state index is 0.160. The molecule has 0 aliphatic rings. The van der Waals surface area contributed by atoms with E-state index in [9.17, 15) is 8.42 Å². The Morgan fingerprint density at radius 2 is 1.71 bits per heavy atom. The summed E-state index contributed by atoms with van der Waals surface area (Å²) in [5, 5.41) is 4.03. The number of hydrogen-bond acceptors (Lipinski definition) is 5. The van der Waals surface area contributed by atoms with E-state index in [0.717, 1.165) is 11.3 Å². The van der Waals surface area contributed by atoms with Gasteiger partial charge < -0.3 is 4.74 Å². The number of ether oxygens (including phenoxy) is 1. The van der Waals surface area contributed by atoms with Gasteiger partial charge in [0.15, 0.2) is 0 Å². The average Bonchev–Trinajstić information content (AvgIpc) is 2.47. The van der Waals surface area contributed by atoms with E-state index in [1.54, 1.807) is 13.3 Å². The second kappa shape index (κ2) is 6.38. The number of nitrogens with zero attached hydrogens (tertiary/aromatic N) is 1. The molecule has 0 aliphatic heterocycles. The Morgan fingerprint density at radius 1 is 1.10 bits per heavy atom. The molecule has 0 aromatic heterocycles. The number of methoxy groups -OCH3 is 1. The van der Waals surface area contributed by atoms with Gasteiger partial charge in [-0.3, -0.25) is 9.98 Å². The normalized spacial score (nSPS) is 11.5. The van der Waals surface area contributed by atoms with Gasteiger partial charge in [-0.05, 0) is 54.1 Å². The van der Waals surface area contributed by atoms with Crippen LogP contribution in [0.2, 0.25) is 0 Å². The number of hydrazone groups is 1. The van der Waals surface area contributed by atoms with E-state index in [2.05, 4.69) is 10.5 Å². The van der Waals surface area contributed by atoms with E-state index in [1.807, 2.05) is 24.3 Å². The van der Waals surface area contributed by atoms with Gasteiger partial charge in [-0.25, -0.2) is 0 Å². The fraction of sp³-hybridized carbons (Fsp3) is 0.0714. The average molecular weight is 306 g/mol. The van der Waals surface area contributed by atoms with Crippen LogP contribution in [0.15, 0.2) is 58.5 Å². The topological polar surface area (TPSA) is 88.0 Å². The highest BCUT2D eigenvalue weighted by Crippen LogP contribution is 2.14. The van der Waals surface area contributed by atoms with Crippen LogP contribution in [0, 0.1) is 0 Å². The van der Waals surface area contributed by atoms with Gasteiger partial charge in [0.1, 0.15) is 5.75 Å². The van der Waals surface area contributed by atoms with E-state index >= 15 is 0 Å². The van der Waals surface area contributed by atoms with Crippen molar-refractivity contribution in [1.29, 1.82) is 0 Å². The fourth-order valence-electron chi connectivity index (χ4n) is 1.57. The van der Waals surface area contributed by atoms with Crippen LogP contribution in [-0.2, 0) is 10.1 Å². The molecule has 110 valence electrons. The maximum absolute atomic E-state index is 10.9. The molecule has 2 rings (SSSR count). The highest BCUT2D eigenvalue weighted by molar-refractivity contribution is 7.85. The van der Waals surface area contributed by atoms with Gasteiger partial charge in [-0.2, -0.15) is 13.5 Å². The second-order valence-electron chi connectivity index (χ2n) is 4.14. The monoisotopic (exact) mass is 306 g/mol. The summed E-state index contributed by atoms with van der Waals surface area (Å²) >= 11 is 0. The lowest BCUT2D eigenvalue weighted by atomic mass is 10.2. The Balaban J connectivity index is 2.00. The molecule has 0 fully saturated rings. The second-order valence-corrected chi connectivity index (χ2v) is 5.56. The first-order valence-corrected chi connectivity index (χ1v) is 7.44. The molecule has 0 atom stereocenters. The van der Waals surface area contributed by atoms with Crippen LogP contribution in [0.25, 0.3) is 0 Å². The Morgan fingerprint density at radius 3 is 2.24 bits per heavy atom. The van der Waals surface area contributed by atoms with Crippen LogP contribution in [0.3, 0.4) is 0 Å². The summed E-state index contributed by atoms with van der Waals surface area (Å²) in [5.41, 5.74) is 4.25. The van der Waals surface area contributed by atoms with Crippen LogP contribution in [0.4, 0.5) is 5.69 Å². The minimum Gasteiger partial charge on any atom is -0.497 e. The van der Waals surface area contributed by atoms with Crippen molar-refractivity contribution in [2.45, 2.75) is 4.90 Å². The summed E-state index contributed by atoms with van der Waals surface area (Å²) in [4.78, 5) is -0.160. The van der Waals surface area contributed by atoms with Gasteiger partial charge in [0.25, 0.3) is 10.1 Å². The summed E-state index contributed by atoms with van der Waals surface area (Å²) in [6, 6.07) is 12.9. The Hall–Kier alpha value is -2.38. The van der Waals surface area contributed by atoms with Gasteiger partial charge in [-0.15, -0.1) is 0 Å². The van der Waals surface area contributed by atoms with Crippen molar-refractivity contribution >= 4 is 22.0 Å². The van der Waals surface area contributed by atoms with E-state index in [1.165, 1.54) is 24.3 Å². The van der Waals surface area contributed by atoms with Crippen molar-refractivity contribution in [3.63, 3.8) is 0 Å². The molecule has 2 N–H and O–H groups in total. The quantitative estimate of drug-likeness (QED) is 0.503. The van der Waals surface area contributed by atoms with Gasteiger partial charge in [-0.1, -0.05) is 0 Å². The third kappa shape index (κ3) is 4.30. The van der Waals surface area contributed by atoms with Crippen LogP contribution in [0.5, 0.6) is 5.75 Å². The lowest BCUT2D eigenvalue weighted by Crippen LogP contribution is -1.98. The molecular formula is C14H14N2O4S. The molecule has 0 saturated carbocycles. The third-order valence-electron chi connectivity index (χ3n) is 2.68. The molecule has 0 unspecified atom stereocenters. The predicted octanol–water partition coefficient (Wildman–Crippen LogP) is 2.39. The lowest BCUT2D eigenvalue weighted by Gasteiger charge is -2.02. The molecule has 2 aromatic rings. The number of rotatable bonds is 5. The standard InChI is InChI=1S/C14H14N2O4S/c1-20-13-6-2-11(3-7-13)10-15-16-12-4-8-14(9-5-12)21(17,18)19/h2-10,16H,1H3,(H,17,18,19)/b15-10-. The molecule has 7 heteroatoms. The predicted molar refractivity (Wildman–Crippen MR) is 80.5 cm³/mol. The summed E-state index contributed by atoms with van der Waals surface area (Å²) in [6.45, 7) is 0. The van der Waals surface area contributed by atoms with Crippen LogP contribution >= 0.6 is 0 Å². The lowest BCUT2D eigenvalue weighted by molar-refractivity contribution is 0.415. The van der Waals surface area contributed by atoms with Crippen molar-refractivity contribution in [1.82, 2.24) is 0 Å². The maximum atomic E-state index is 10.9.